The average molecular weight is 196 g/mol. The van der Waals surface area contributed by atoms with Crippen LogP contribution in [0, 0.1) is 23.2 Å². The molecule has 0 radical (unpaired) electrons. The van der Waals surface area contributed by atoms with Gasteiger partial charge in [0.2, 0.25) is 0 Å². The molecule has 0 aliphatic heterocycles. The Morgan fingerprint density at radius 1 is 1.14 bits per heavy atom. The Hall–Kier alpha value is -0.0800. The summed E-state index contributed by atoms with van der Waals surface area (Å²) in [5.74, 6) is 2.02. The van der Waals surface area contributed by atoms with Gasteiger partial charge in [-0.25, -0.2) is 0 Å². The smallest absolute Gasteiger partial charge is 0.0936 e. The maximum Gasteiger partial charge on any atom is 0.0936 e. The SMILES string of the molecule is CC1(O)C(O)CC2C3CCC(C3)C21C. The molecule has 0 saturated heterocycles. The number of hydrogen-bond donors (Lipinski definition) is 2. The molecule has 2 bridgehead atoms. The summed E-state index contributed by atoms with van der Waals surface area (Å²) >= 11 is 0. The second-order valence-electron chi connectivity index (χ2n) is 6.06. The molecular formula is C12H20O2. The minimum atomic E-state index is -0.850. The maximum atomic E-state index is 10.5. The van der Waals surface area contributed by atoms with E-state index in [1.54, 1.807) is 0 Å². The molecule has 3 saturated carbocycles. The first kappa shape index (κ1) is 9.17. The molecule has 2 nitrogen and oxygen atoms in total. The van der Waals surface area contributed by atoms with E-state index in [2.05, 4.69) is 6.92 Å². The monoisotopic (exact) mass is 196 g/mol. The van der Waals surface area contributed by atoms with Crippen LogP contribution in [0.25, 0.3) is 0 Å². The third-order valence-electron chi connectivity index (χ3n) is 5.88. The molecule has 80 valence electrons. The molecule has 0 aromatic heterocycles. The molecule has 6 atom stereocenters. The van der Waals surface area contributed by atoms with Crippen molar-refractivity contribution >= 4 is 0 Å². The topological polar surface area (TPSA) is 40.5 Å². The molecule has 2 N–H and O–H groups in total. The van der Waals surface area contributed by atoms with E-state index in [4.69, 9.17) is 0 Å². The standard InChI is InChI=1S/C12H20O2/c1-11-8-4-3-7(5-8)9(11)6-10(13)12(11,2)14/h7-10,13-14H,3-6H2,1-2H3. The zero-order valence-corrected chi connectivity index (χ0v) is 9.03. The van der Waals surface area contributed by atoms with Crippen molar-refractivity contribution in [2.75, 3.05) is 0 Å². The highest BCUT2D eigenvalue weighted by atomic mass is 16.3. The van der Waals surface area contributed by atoms with Gasteiger partial charge in [-0.15, -0.1) is 0 Å². The van der Waals surface area contributed by atoms with Crippen molar-refractivity contribution in [1.29, 1.82) is 0 Å². The Balaban J connectivity index is 2.06. The van der Waals surface area contributed by atoms with Gasteiger partial charge in [-0.3, -0.25) is 0 Å². The number of rotatable bonds is 0. The van der Waals surface area contributed by atoms with E-state index in [1.807, 2.05) is 6.92 Å². The molecule has 0 spiro atoms. The van der Waals surface area contributed by atoms with Crippen LogP contribution in [0.4, 0.5) is 0 Å². The fourth-order valence-corrected chi connectivity index (χ4v) is 4.77. The molecule has 2 heteroatoms. The van der Waals surface area contributed by atoms with Crippen LogP contribution < -0.4 is 0 Å². The fourth-order valence-electron chi connectivity index (χ4n) is 4.77. The molecule has 14 heavy (non-hydrogen) atoms. The second kappa shape index (κ2) is 2.35. The maximum absolute atomic E-state index is 10.5. The third kappa shape index (κ3) is 0.737. The van der Waals surface area contributed by atoms with E-state index < -0.39 is 11.7 Å². The van der Waals surface area contributed by atoms with Crippen LogP contribution in [0.2, 0.25) is 0 Å². The lowest BCUT2D eigenvalue weighted by Gasteiger charge is -2.45. The summed E-state index contributed by atoms with van der Waals surface area (Å²) in [7, 11) is 0. The van der Waals surface area contributed by atoms with E-state index in [0.717, 1.165) is 12.3 Å². The highest BCUT2D eigenvalue weighted by Crippen LogP contribution is 2.69. The zero-order chi connectivity index (χ0) is 10.1. The third-order valence-corrected chi connectivity index (χ3v) is 5.88. The Morgan fingerprint density at radius 2 is 1.86 bits per heavy atom. The van der Waals surface area contributed by atoms with Crippen molar-refractivity contribution in [3.63, 3.8) is 0 Å². The van der Waals surface area contributed by atoms with Gasteiger partial charge < -0.3 is 10.2 Å². The molecule has 3 rings (SSSR count). The molecule has 0 amide bonds. The minimum Gasteiger partial charge on any atom is -0.390 e. The molecule has 3 aliphatic rings. The van der Waals surface area contributed by atoms with Crippen LogP contribution in [0.1, 0.15) is 39.5 Å². The number of hydrogen-bond acceptors (Lipinski definition) is 2. The van der Waals surface area contributed by atoms with E-state index in [1.165, 1.54) is 19.3 Å². The van der Waals surface area contributed by atoms with Gasteiger partial charge in [0, 0.05) is 5.41 Å². The van der Waals surface area contributed by atoms with Crippen molar-refractivity contribution in [1.82, 2.24) is 0 Å². The summed E-state index contributed by atoms with van der Waals surface area (Å²) in [6, 6.07) is 0. The van der Waals surface area contributed by atoms with Gasteiger partial charge in [0.1, 0.15) is 0 Å². The Labute approximate surface area is 85.3 Å². The van der Waals surface area contributed by atoms with Crippen molar-refractivity contribution in [2.24, 2.45) is 23.2 Å². The predicted octanol–water partition coefficient (Wildman–Crippen LogP) is 1.55. The van der Waals surface area contributed by atoms with Gasteiger partial charge in [-0.1, -0.05) is 6.92 Å². The normalized spacial score (nSPS) is 66.0. The van der Waals surface area contributed by atoms with Crippen molar-refractivity contribution in [3.05, 3.63) is 0 Å². The molecule has 0 aromatic rings. The lowest BCUT2D eigenvalue weighted by molar-refractivity contribution is -0.128. The highest BCUT2D eigenvalue weighted by Gasteiger charge is 2.68. The van der Waals surface area contributed by atoms with Crippen LogP contribution in [0.5, 0.6) is 0 Å². The van der Waals surface area contributed by atoms with Crippen LogP contribution in [0.3, 0.4) is 0 Å². The zero-order valence-electron chi connectivity index (χ0n) is 9.03. The molecule has 0 aromatic carbocycles. The molecular weight excluding hydrogens is 176 g/mol. The van der Waals surface area contributed by atoms with E-state index in [-0.39, 0.29) is 5.41 Å². The minimum absolute atomic E-state index is 0.00463. The van der Waals surface area contributed by atoms with Crippen LogP contribution in [-0.2, 0) is 0 Å². The van der Waals surface area contributed by atoms with Gasteiger partial charge in [-0.2, -0.15) is 0 Å². The lowest BCUT2D eigenvalue weighted by atomic mass is 9.63. The summed E-state index contributed by atoms with van der Waals surface area (Å²) in [4.78, 5) is 0. The highest BCUT2D eigenvalue weighted by molar-refractivity contribution is 5.18. The van der Waals surface area contributed by atoms with Gasteiger partial charge in [0.15, 0.2) is 0 Å². The average Bonchev–Trinajstić information content (AvgIpc) is 2.71. The summed E-state index contributed by atoms with van der Waals surface area (Å²) < 4.78 is 0. The van der Waals surface area contributed by atoms with Gasteiger partial charge in [0.05, 0.1) is 11.7 Å². The molecule has 3 fully saturated rings. The van der Waals surface area contributed by atoms with E-state index in [0.29, 0.717) is 11.8 Å². The quantitative estimate of drug-likeness (QED) is 0.617. The van der Waals surface area contributed by atoms with Crippen molar-refractivity contribution < 1.29 is 10.2 Å². The first-order valence-electron chi connectivity index (χ1n) is 5.88. The van der Waals surface area contributed by atoms with Gasteiger partial charge >= 0.3 is 0 Å². The van der Waals surface area contributed by atoms with Crippen molar-refractivity contribution in [3.8, 4) is 0 Å². The summed E-state index contributed by atoms with van der Waals surface area (Å²) in [6.07, 6.45) is 4.21. The number of fused-ring (bicyclic) bond motifs is 5. The van der Waals surface area contributed by atoms with Crippen LogP contribution in [-0.4, -0.2) is 21.9 Å². The molecule has 0 heterocycles. The summed E-state index contributed by atoms with van der Waals surface area (Å²) in [6.45, 7) is 4.05. The summed E-state index contributed by atoms with van der Waals surface area (Å²) in [5, 5.41) is 20.4. The largest absolute Gasteiger partial charge is 0.390 e. The first-order valence-corrected chi connectivity index (χ1v) is 5.88. The van der Waals surface area contributed by atoms with Crippen molar-refractivity contribution in [2.45, 2.75) is 51.2 Å². The Morgan fingerprint density at radius 3 is 2.50 bits per heavy atom. The second-order valence-corrected chi connectivity index (χ2v) is 6.06. The van der Waals surface area contributed by atoms with Gasteiger partial charge in [0.25, 0.3) is 0 Å². The number of aliphatic hydroxyl groups is 2. The Bertz CT molecular complexity index is 273. The van der Waals surface area contributed by atoms with Crippen LogP contribution in [0.15, 0.2) is 0 Å². The Kier molecular flexibility index (Phi) is 1.54. The fraction of sp³-hybridized carbons (Fsp3) is 1.00. The summed E-state index contributed by atoms with van der Waals surface area (Å²) in [5.41, 5.74) is -0.854. The number of aliphatic hydroxyl groups excluding tert-OH is 1. The lowest BCUT2D eigenvalue weighted by Crippen LogP contribution is -2.51. The molecule has 3 aliphatic carbocycles. The van der Waals surface area contributed by atoms with Gasteiger partial charge in [-0.05, 0) is 50.4 Å². The molecule has 6 unspecified atom stereocenters. The first-order chi connectivity index (χ1) is 6.48. The van der Waals surface area contributed by atoms with Crippen LogP contribution >= 0.6 is 0 Å². The van der Waals surface area contributed by atoms with E-state index in [9.17, 15) is 10.2 Å². The van der Waals surface area contributed by atoms with E-state index >= 15 is 0 Å². The predicted molar refractivity (Wildman–Crippen MR) is 53.7 cm³/mol.